The largest absolute Gasteiger partial charge is 0.480 e. The van der Waals surface area contributed by atoms with Crippen LogP contribution in [0, 0.1) is 5.92 Å². The molecule has 0 saturated heterocycles. The highest BCUT2D eigenvalue weighted by atomic mass is 16.4. The molecule has 0 bridgehead atoms. The molecule has 0 saturated carbocycles. The topological polar surface area (TPSA) is 259 Å². The van der Waals surface area contributed by atoms with E-state index in [-0.39, 0.29) is 32.4 Å². The van der Waals surface area contributed by atoms with Crippen LogP contribution in [0.3, 0.4) is 0 Å². The first kappa shape index (κ1) is 36.4. The second-order valence-corrected chi connectivity index (χ2v) is 10.5. The van der Waals surface area contributed by atoms with E-state index in [9.17, 15) is 38.4 Å². The van der Waals surface area contributed by atoms with Gasteiger partial charge in [0.25, 0.3) is 11.8 Å². The molecular formula is C31H34N8O9. The van der Waals surface area contributed by atoms with Gasteiger partial charge in [-0.25, -0.2) is 0 Å². The number of aldehydes is 1. The number of azo groups is 1. The van der Waals surface area contributed by atoms with Crippen LogP contribution in [0.5, 0.6) is 0 Å². The molecule has 252 valence electrons. The van der Waals surface area contributed by atoms with Crippen molar-refractivity contribution in [3.8, 4) is 0 Å². The summed E-state index contributed by atoms with van der Waals surface area (Å²) >= 11 is 0. The fourth-order valence-corrected chi connectivity index (χ4v) is 4.18. The Morgan fingerprint density at radius 3 is 1.79 bits per heavy atom. The van der Waals surface area contributed by atoms with Gasteiger partial charge in [-0.1, -0.05) is 0 Å². The van der Waals surface area contributed by atoms with Crippen molar-refractivity contribution in [1.29, 1.82) is 0 Å². The average molecular weight is 663 g/mol. The van der Waals surface area contributed by atoms with Gasteiger partial charge in [0.15, 0.2) is 0 Å². The molecule has 6 amide bonds. The van der Waals surface area contributed by atoms with Crippen LogP contribution in [0.15, 0.2) is 70.9 Å². The third-order valence-electron chi connectivity index (χ3n) is 6.72. The summed E-state index contributed by atoms with van der Waals surface area (Å²) < 4.78 is 0. The summed E-state index contributed by atoms with van der Waals surface area (Å²) in [5.74, 6) is -4.97. The van der Waals surface area contributed by atoms with E-state index in [1.54, 1.807) is 48.5 Å². The van der Waals surface area contributed by atoms with E-state index in [0.717, 1.165) is 17.1 Å². The van der Waals surface area contributed by atoms with Gasteiger partial charge < -0.3 is 36.9 Å². The predicted molar refractivity (Wildman–Crippen MR) is 170 cm³/mol. The third-order valence-corrected chi connectivity index (χ3v) is 6.72. The minimum Gasteiger partial charge on any atom is -0.480 e. The standard InChI is InChI=1S/C31H34N8O9/c32-24(31(47)48)14-19(18-40)2-1-3-25(41)33-15-26(42)34-16-27(43)35-20-4-8-22(9-5-20)37-38-23-10-6-21(7-11-23)36-28(44)17-39-29(45)12-13-30(39)46/h4-13,18-19,24H,1-3,14-17,32H2,(H,33,41)(H,34,42)(H,35,43)(H,36,44)(H,47,48)/t19-,24+/m1/s1. The summed E-state index contributed by atoms with van der Waals surface area (Å²) in [6.07, 6.45) is 3.38. The van der Waals surface area contributed by atoms with Crippen LogP contribution in [0.4, 0.5) is 22.7 Å². The number of carbonyl (C=O) groups is 8. The number of carbonyl (C=O) groups excluding carboxylic acids is 7. The number of hydrogen-bond donors (Lipinski definition) is 6. The zero-order chi connectivity index (χ0) is 35.1. The van der Waals surface area contributed by atoms with Gasteiger partial charge >= 0.3 is 5.97 Å². The minimum absolute atomic E-state index is 0.0228. The fourth-order valence-electron chi connectivity index (χ4n) is 4.18. The van der Waals surface area contributed by atoms with Crippen LogP contribution in [-0.2, 0) is 38.4 Å². The molecule has 2 aromatic rings. The van der Waals surface area contributed by atoms with Crippen molar-refractivity contribution in [2.45, 2.75) is 31.7 Å². The summed E-state index contributed by atoms with van der Waals surface area (Å²) in [5, 5.41) is 27.1. The van der Waals surface area contributed by atoms with Gasteiger partial charge in [-0.3, -0.25) is 38.5 Å². The second-order valence-electron chi connectivity index (χ2n) is 10.5. The van der Waals surface area contributed by atoms with Crippen molar-refractivity contribution in [3.05, 3.63) is 60.7 Å². The number of aliphatic carboxylic acids is 1. The Labute approximate surface area is 274 Å². The van der Waals surface area contributed by atoms with Crippen molar-refractivity contribution in [2.75, 3.05) is 30.3 Å². The number of carboxylic acid groups (broad SMARTS) is 1. The normalized spacial score (nSPS) is 13.6. The lowest BCUT2D eigenvalue weighted by Gasteiger charge is -2.13. The SMILES string of the molecule is N[C@@H](C[C@H](C=O)CCCC(=O)NCC(=O)NCC(=O)Nc1ccc(N=Nc2ccc(NC(=O)CN3C(=O)C=CC3=O)cc2)cc1)C(=O)O. The maximum absolute atomic E-state index is 12.2. The van der Waals surface area contributed by atoms with Crippen molar-refractivity contribution in [3.63, 3.8) is 0 Å². The highest BCUT2D eigenvalue weighted by Crippen LogP contribution is 2.22. The molecule has 2 aromatic carbocycles. The maximum atomic E-state index is 12.2. The highest BCUT2D eigenvalue weighted by Gasteiger charge is 2.25. The molecule has 17 heteroatoms. The molecule has 0 spiro atoms. The van der Waals surface area contributed by atoms with Gasteiger partial charge in [-0.15, -0.1) is 0 Å². The van der Waals surface area contributed by atoms with Gasteiger partial charge in [0.1, 0.15) is 18.9 Å². The first-order valence-electron chi connectivity index (χ1n) is 14.7. The van der Waals surface area contributed by atoms with E-state index >= 15 is 0 Å². The van der Waals surface area contributed by atoms with Gasteiger partial charge in [0, 0.05) is 35.9 Å². The zero-order valence-electron chi connectivity index (χ0n) is 25.6. The lowest BCUT2D eigenvalue weighted by atomic mass is 9.96. The molecule has 1 aliphatic rings. The molecule has 2 atom stereocenters. The quantitative estimate of drug-likeness (QED) is 0.0747. The van der Waals surface area contributed by atoms with Crippen LogP contribution in [-0.4, -0.2) is 83.4 Å². The average Bonchev–Trinajstić information content (AvgIpc) is 3.38. The van der Waals surface area contributed by atoms with E-state index in [1.165, 1.54) is 0 Å². The Morgan fingerprint density at radius 2 is 1.27 bits per heavy atom. The summed E-state index contributed by atoms with van der Waals surface area (Å²) in [6.45, 7) is -1.10. The van der Waals surface area contributed by atoms with E-state index in [0.29, 0.717) is 35.5 Å². The van der Waals surface area contributed by atoms with E-state index in [4.69, 9.17) is 10.8 Å². The van der Waals surface area contributed by atoms with Crippen molar-refractivity contribution < 1.29 is 43.5 Å². The van der Waals surface area contributed by atoms with Crippen molar-refractivity contribution in [2.24, 2.45) is 21.9 Å². The number of nitrogens with zero attached hydrogens (tertiary/aromatic N) is 3. The lowest BCUT2D eigenvalue weighted by molar-refractivity contribution is -0.140. The molecule has 17 nitrogen and oxygen atoms in total. The zero-order valence-corrected chi connectivity index (χ0v) is 25.6. The van der Waals surface area contributed by atoms with E-state index in [1.807, 2.05) is 0 Å². The third kappa shape index (κ3) is 12.4. The number of amides is 6. The summed E-state index contributed by atoms with van der Waals surface area (Å²) in [5.41, 5.74) is 7.26. The predicted octanol–water partition coefficient (Wildman–Crippen LogP) is 0.924. The van der Waals surface area contributed by atoms with E-state index in [2.05, 4.69) is 31.5 Å². The van der Waals surface area contributed by atoms with Gasteiger partial charge in [-0.2, -0.15) is 10.2 Å². The molecule has 48 heavy (non-hydrogen) atoms. The molecule has 0 fully saturated rings. The number of benzene rings is 2. The van der Waals surface area contributed by atoms with Gasteiger partial charge in [0.05, 0.1) is 24.5 Å². The highest BCUT2D eigenvalue weighted by molar-refractivity contribution is 6.15. The summed E-state index contributed by atoms with van der Waals surface area (Å²) in [6, 6.07) is 11.6. The van der Waals surface area contributed by atoms with Crippen molar-refractivity contribution >= 4 is 70.4 Å². The smallest absolute Gasteiger partial charge is 0.320 e. The van der Waals surface area contributed by atoms with Crippen LogP contribution in [0.1, 0.15) is 25.7 Å². The first-order valence-corrected chi connectivity index (χ1v) is 14.7. The van der Waals surface area contributed by atoms with Crippen LogP contribution in [0.2, 0.25) is 0 Å². The van der Waals surface area contributed by atoms with E-state index < -0.39 is 59.9 Å². The molecule has 0 radical (unpaired) electrons. The number of hydrogen-bond acceptors (Lipinski definition) is 11. The number of anilines is 2. The fraction of sp³-hybridized carbons (Fsp3) is 0.290. The molecule has 7 N–H and O–H groups in total. The van der Waals surface area contributed by atoms with Crippen LogP contribution < -0.4 is 27.0 Å². The molecule has 1 aliphatic heterocycles. The molecule has 0 aromatic heterocycles. The number of imide groups is 1. The van der Waals surface area contributed by atoms with Gasteiger partial charge in [0.2, 0.25) is 23.6 Å². The number of nitrogens with two attached hydrogens (primary N) is 1. The van der Waals surface area contributed by atoms with Crippen LogP contribution >= 0.6 is 0 Å². The minimum atomic E-state index is -1.21. The number of rotatable bonds is 18. The summed E-state index contributed by atoms with van der Waals surface area (Å²) in [4.78, 5) is 94.3. The maximum Gasteiger partial charge on any atom is 0.320 e. The molecule has 3 rings (SSSR count). The number of nitrogens with one attached hydrogen (secondary N) is 4. The first-order chi connectivity index (χ1) is 22.9. The molecular weight excluding hydrogens is 628 g/mol. The lowest BCUT2D eigenvalue weighted by Crippen LogP contribution is -2.40. The van der Waals surface area contributed by atoms with Gasteiger partial charge in [-0.05, 0) is 67.8 Å². The Balaban J connectivity index is 1.32. The Morgan fingerprint density at radius 1 is 0.771 bits per heavy atom. The molecule has 0 unspecified atom stereocenters. The Kier molecular flexibility index (Phi) is 13.8. The Hall–Kier alpha value is -6.10. The monoisotopic (exact) mass is 662 g/mol. The van der Waals surface area contributed by atoms with Crippen LogP contribution in [0.25, 0.3) is 0 Å². The number of carboxylic acids is 1. The molecule has 0 aliphatic carbocycles. The Bertz CT molecular complexity index is 1570. The summed E-state index contributed by atoms with van der Waals surface area (Å²) in [7, 11) is 0. The van der Waals surface area contributed by atoms with Crippen molar-refractivity contribution in [1.82, 2.24) is 15.5 Å². The molecule has 1 heterocycles. The second kappa shape index (κ2) is 18.1.